The fourth-order valence-electron chi connectivity index (χ4n) is 2.22. The highest BCUT2D eigenvalue weighted by Gasteiger charge is 2.18. The molecule has 2 N–H and O–H groups in total. The molecular weight excluding hydrogens is 382 g/mol. The second kappa shape index (κ2) is 8.41. The van der Waals surface area contributed by atoms with Crippen molar-refractivity contribution in [3.63, 3.8) is 0 Å². The average Bonchev–Trinajstić information content (AvgIpc) is 2.46. The minimum absolute atomic E-state index is 0. The number of aliphatic imine (C=N–C) groups is 1. The van der Waals surface area contributed by atoms with E-state index in [0.29, 0.717) is 11.9 Å². The highest BCUT2D eigenvalue weighted by atomic mass is 127. The predicted octanol–water partition coefficient (Wildman–Crippen LogP) is 2.54. The molecule has 0 unspecified atom stereocenters. The summed E-state index contributed by atoms with van der Waals surface area (Å²) >= 11 is 0. The third-order valence-corrected chi connectivity index (χ3v) is 3.41. The fraction of sp³-hybridized carbons (Fsp3) is 0.533. The molecule has 4 nitrogen and oxygen atoms in total. The number of nitrogens with two attached hydrogens (primary N) is 1. The molecule has 0 bridgehead atoms. The quantitative estimate of drug-likeness (QED) is 0.477. The van der Waals surface area contributed by atoms with Crippen LogP contribution in [-0.4, -0.2) is 43.6 Å². The number of hydrogen-bond acceptors (Lipinski definition) is 2. The molecule has 2 rings (SSSR count). The summed E-state index contributed by atoms with van der Waals surface area (Å²) in [6, 6.07) is 6.64. The van der Waals surface area contributed by atoms with Gasteiger partial charge in [0, 0.05) is 38.4 Å². The van der Waals surface area contributed by atoms with Crippen molar-refractivity contribution < 1.29 is 4.39 Å². The molecule has 118 valence electrons. The van der Waals surface area contributed by atoms with Crippen molar-refractivity contribution in [1.82, 2.24) is 4.90 Å². The fourth-order valence-corrected chi connectivity index (χ4v) is 2.22. The summed E-state index contributed by atoms with van der Waals surface area (Å²) in [5, 5.41) is 0. The molecule has 1 aliphatic heterocycles. The summed E-state index contributed by atoms with van der Waals surface area (Å²) in [5.41, 5.74) is 7.07. The van der Waals surface area contributed by atoms with Crippen molar-refractivity contribution in [2.45, 2.75) is 13.8 Å². The van der Waals surface area contributed by atoms with Crippen LogP contribution >= 0.6 is 24.0 Å². The molecule has 0 radical (unpaired) electrons. The zero-order valence-corrected chi connectivity index (χ0v) is 15.0. The van der Waals surface area contributed by atoms with Gasteiger partial charge in [-0.15, -0.1) is 24.0 Å². The number of benzene rings is 1. The Labute approximate surface area is 143 Å². The van der Waals surface area contributed by atoms with E-state index in [0.717, 1.165) is 38.4 Å². The molecular formula is C15H24FIN4. The predicted molar refractivity (Wildman–Crippen MR) is 96.9 cm³/mol. The molecule has 0 amide bonds. The smallest absolute Gasteiger partial charge is 0.191 e. The van der Waals surface area contributed by atoms with Gasteiger partial charge in [-0.2, -0.15) is 0 Å². The summed E-state index contributed by atoms with van der Waals surface area (Å²) in [6.45, 7) is 8.49. The number of anilines is 1. The number of nitrogens with zero attached hydrogens (tertiary/aromatic N) is 3. The van der Waals surface area contributed by atoms with Gasteiger partial charge in [0.25, 0.3) is 0 Å². The van der Waals surface area contributed by atoms with E-state index in [9.17, 15) is 4.39 Å². The first-order chi connectivity index (χ1) is 9.56. The van der Waals surface area contributed by atoms with Crippen molar-refractivity contribution in [3.8, 4) is 0 Å². The van der Waals surface area contributed by atoms with E-state index in [1.165, 1.54) is 12.1 Å². The third-order valence-electron chi connectivity index (χ3n) is 3.41. The van der Waals surface area contributed by atoms with Gasteiger partial charge in [-0.25, -0.2) is 4.39 Å². The summed E-state index contributed by atoms with van der Waals surface area (Å²) in [4.78, 5) is 8.76. The maximum Gasteiger partial charge on any atom is 0.191 e. The average molecular weight is 406 g/mol. The molecule has 0 atom stereocenters. The highest BCUT2D eigenvalue weighted by molar-refractivity contribution is 14.0. The molecule has 1 heterocycles. The summed E-state index contributed by atoms with van der Waals surface area (Å²) < 4.78 is 12.9. The van der Waals surface area contributed by atoms with Gasteiger partial charge >= 0.3 is 0 Å². The molecule has 0 aromatic heterocycles. The van der Waals surface area contributed by atoms with Crippen LogP contribution in [0.3, 0.4) is 0 Å². The maximum atomic E-state index is 12.9. The number of guanidine groups is 1. The first-order valence-corrected chi connectivity index (χ1v) is 7.11. The Kier molecular flexibility index (Phi) is 7.21. The number of halogens is 2. The third kappa shape index (κ3) is 5.33. The number of piperazine rings is 1. The van der Waals surface area contributed by atoms with Crippen LogP contribution in [0.2, 0.25) is 0 Å². The van der Waals surface area contributed by atoms with Crippen molar-refractivity contribution in [2.75, 3.05) is 37.6 Å². The minimum atomic E-state index is -0.197. The molecule has 0 spiro atoms. The van der Waals surface area contributed by atoms with Crippen LogP contribution in [0.15, 0.2) is 29.3 Å². The molecule has 1 aromatic rings. The Morgan fingerprint density at radius 1 is 1.19 bits per heavy atom. The van der Waals surface area contributed by atoms with Gasteiger partial charge in [0.1, 0.15) is 5.82 Å². The maximum absolute atomic E-state index is 12.9. The summed E-state index contributed by atoms with van der Waals surface area (Å²) in [5.74, 6) is 0.962. The van der Waals surface area contributed by atoms with Crippen LogP contribution < -0.4 is 10.6 Å². The summed E-state index contributed by atoms with van der Waals surface area (Å²) in [7, 11) is 0. The van der Waals surface area contributed by atoms with Crippen LogP contribution in [0.4, 0.5) is 10.1 Å². The van der Waals surface area contributed by atoms with Crippen LogP contribution in [0.1, 0.15) is 13.8 Å². The SMILES string of the molecule is CC(C)CN=C(N)N1CCN(c2ccc(F)cc2)CC1.I. The lowest BCUT2D eigenvalue weighted by Crippen LogP contribution is -2.51. The first kappa shape index (κ1) is 18.0. The molecule has 1 aliphatic rings. The van der Waals surface area contributed by atoms with E-state index in [1.807, 2.05) is 12.1 Å². The van der Waals surface area contributed by atoms with E-state index < -0.39 is 0 Å². The van der Waals surface area contributed by atoms with Gasteiger partial charge in [0.2, 0.25) is 0 Å². The van der Waals surface area contributed by atoms with Gasteiger partial charge in [-0.05, 0) is 30.2 Å². The lowest BCUT2D eigenvalue weighted by atomic mass is 10.2. The van der Waals surface area contributed by atoms with Gasteiger partial charge in [-0.3, -0.25) is 4.99 Å². The topological polar surface area (TPSA) is 44.9 Å². The Balaban J connectivity index is 0.00000220. The molecule has 1 fully saturated rings. The first-order valence-electron chi connectivity index (χ1n) is 7.11. The monoisotopic (exact) mass is 406 g/mol. The number of rotatable bonds is 3. The van der Waals surface area contributed by atoms with Gasteiger partial charge in [0.05, 0.1) is 0 Å². The van der Waals surface area contributed by atoms with Crippen LogP contribution in [0.25, 0.3) is 0 Å². The molecule has 0 aliphatic carbocycles. The molecule has 6 heteroatoms. The highest BCUT2D eigenvalue weighted by Crippen LogP contribution is 2.16. The lowest BCUT2D eigenvalue weighted by Gasteiger charge is -2.36. The molecule has 0 saturated carbocycles. The van der Waals surface area contributed by atoms with Crippen molar-refractivity contribution >= 4 is 35.6 Å². The zero-order valence-electron chi connectivity index (χ0n) is 12.6. The Morgan fingerprint density at radius 3 is 2.29 bits per heavy atom. The Morgan fingerprint density at radius 2 is 1.76 bits per heavy atom. The Hall–Kier alpha value is -1.05. The standard InChI is InChI=1S/C15H23FN4.HI/c1-12(2)11-18-15(17)20-9-7-19(8-10-20)14-5-3-13(16)4-6-14;/h3-6,12H,7-11H2,1-2H3,(H2,17,18);1H. The Bertz CT molecular complexity index is 453. The second-order valence-corrected chi connectivity index (χ2v) is 5.54. The van der Waals surface area contributed by atoms with E-state index in [-0.39, 0.29) is 29.8 Å². The molecule has 21 heavy (non-hydrogen) atoms. The second-order valence-electron chi connectivity index (χ2n) is 5.54. The normalized spacial score (nSPS) is 16.1. The molecule has 1 saturated heterocycles. The van der Waals surface area contributed by atoms with E-state index in [4.69, 9.17) is 5.73 Å². The van der Waals surface area contributed by atoms with Crippen molar-refractivity contribution in [2.24, 2.45) is 16.6 Å². The van der Waals surface area contributed by atoms with Gasteiger partial charge in [0.15, 0.2) is 5.96 Å². The van der Waals surface area contributed by atoms with Crippen molar-refractivity contribution in [1.29, 1.82) is 0 Å². The van der Waals surface area contributed by atoms with E-state index >= 15 is 0 Å². The summed E-state index contributed by atoms with van der Waals surface area (Å²) in [6.07, 6.45) is 0. The number of hydrogen-bond donors (Lipinski definition) is 1. The van der Waals surface area contributed by atoms with Crippen LogP contribution in [0, 0.1) is 11.7 Å². The van der Waals surface area contributed by atoms with Gasteiger partial charge < -0.3 is 15.5 Å². The van der Waals surface area contributed by atoms with E-state index in [2.05, 4.69) is 28.6 Å². The largest absolute Gasteiger partial charge is 0.370 e. The molecule has 1 aromatic carbocycles. The zero-order chi connectivity index (χ0) is 14.5. The van der Waals surface area contributed by atoms with Crippen molar-refractivity contribution in [3.05, 3.63) is 30.1 Å². The minimum Gasteiger partial charge on any atom is -0.370 e. The van der Waals surface area contributed by atoms with Crippen LogP contribution in [0.5, 0.6) is 0 Å². The lowest BCUT2D eigenvalue weighted by molar-refractivity contribution is 0.380. The van der Waals surface area contributed by atoms with Crippen LogP contribution in [-0.2, 0) is 0 Å². The van der Waals surface area contributed by atoms with E-state index in [1.54, 1.807) is 0 Å². The van der Waals surface area contributed by atoms with Gasteiger partial charge in [-0.1, -0.05) is 13.8 Å².